The van der Waals surface area contributed by atoms with Crippen molar-refractivity contribution in [3.63, 3.8) is 0 Å². The maximum atomic E-state index is 4.33. The van der Waals surface area contributed by atoms with Crippen LogP contribution in [0.15, 0.2) is 30.3 Å². The zero-order chi connectivity index (χ0) is 13.0. The van der Waals surface area contributed by atoms with Crippen LogP contribution in [0, 0.1) is 0 Å². The highest BCUT2D eigenvalue weighted by molar-refractivity contribution is 5.59. The summed E-state index contributed by atoms with van der Waals surface area (Å²) in [4.78, 5) is 0. The van der Waals surface area contributed by atoms with Crippen LogP contribution in [-0.4, -0.2) is 17.2 Å². The van der Waals surface area contributed by atoms with Crippen molar-refractivity contribution in [2.45, 2.75) is 32.7 Å². The quantitative estimate of drug-likeness (QED) is 0.846. The zero-order valence-electron chi connectivity index (χ0n) is 11.3. The first-order valence-electron chi connectivity index (χ1n) is 6.53. The van der Waals surface area contributed by atoms with Gasteiger partial charge in [0, 0.05) is 17.8 Å². The first kappa shape index (κ1) is 12.8. The van der Waals surface area contributed by atoms with Crippen molar-refractivity contribution in [2.75, 3.05) is 7.05 Å². The van der Waals surface area contributed by atoms with E-state index in [1.807, 2.05) is 7.05 Å². The summed E-state index contributed by atoms with van der Waals surface area (Å²) in [5.41, 5.74) is 4.68. The molecule has 18 heavy (non-hydrogen) atoms. The Balaban J connectivity index is 2.17. The monoisotopic (exact) mass is 243 g/mol. The molecule has 0 saturated heterocycles. The van der Waals surface area contributed by atoms with E-state index in [0.29, 0.717) is 5.92 Å². The molecule has 0 aliphatic rings. The summed E-state index contributed by atoms with van der Waals surface area (Å²) in [5.74, 6) is 0.623. The number of aromatic amines is 1. The molecule has 0 fully saturated rings. The fourth-order valence-corrected chi connectivity index (χ4v) is 2.01. The van der Waals surface area contributed by atoms with Gasteiger partial charge < -0.3 is 5.32 Å². The number of nitrogens with zero attached hydrogens (tertiary/aromatic N) is 1. The fraction of sp³-hybridized carbons (Fsp3) is 0.400. The van der Waals surface area contributed by atoms with E-state index in [-0.39, 0.29) is 0 Å². The molecule has 3 nitrogen and oxygen atoms in total. The molecule has 2 N–H and O–H groups in total. The van der Waals surface area contributed by atoms with E-state index in [4.69, 9.17) is 0 Å². The number of aromatic nitrogens is 2. The summed E-state index contributed by atoms with van der Waals surface area (Å²) < 4.78 is 0. The third-order valence-corrected chi connectivity index (χ3v) is 3.39. The lowest BCUT2D eigenvalue weighted by molar-refractivity contribution is 0.734. The SMILES string of the molecule is CCC(C)c1ccc(-c2cc(CNC)[nH]n2)cc1. The average Bonchev–Trinajstić information content (AvgIpc) is 2.87. The maximum Gasteiger partial charge on any atom is 0.0924 e. The van der Waals surface area contributed by atoms with Gasteiger partial charge in [0.15, 0.2) is 0 Å². The van der Waals surface area contributed by atoms with Crippen LogP contribution < -0.4 is 5.32 Å². The average molecular weight is 243 g/mol. The van der Waals surface area contributed by atoms with Crippen LogP contribution in [0.2, 0.25) is 0 Å². The molecule has 1 aromatic carbocycles. The Bertz CT molecular complexity index is 485. The molecule has 96 valence electrons. The first-order chi connectivity index (χ1) is 8.74. The minimum atomic E-state index is 0.623. The molecule has 0 amide bonds. The number of H-pyrrole nitrogens is 1. The molecule has 1 heterocycles. The topological polar surface area (TPSA) is 40.7 Å². The second kappa shape index (κ2) is 5.83. The van der Waals surface area contributed by atoms with E-state index < -0.39 is 0 Å². The standard InChI is InChI=1S/C15H21N3/c1-4-11(2)12-5-7-13(8-6-12)15-9-14(10-16-3)17-18-15/h5-9,11,16H,4,10H2,1-3H3,(H,17,18). The summed E-state index contributed by atoms with van der Waals surface area (Å²) >= 11 is 0. The van der Waals surface area contributed by atoms with Crippen molar-refractivity contribution in [1.82, 2.24) is 15.5 Å². The predicted octanol–water partition coefficient (Wildman–Crippen LogP) is 3.31. The second-order valence-corrected chi connectivity index (χ2v) is 4.74. The van der Waals surface area contributed by atoms with E-state index >= 15 is 0 Å². The Morgan fingerprint density at radius 1 is 1.28 bits per heavy atom. The Hall–Kier alpha value is -1.61. The molecule has 0 radical (unpaired) electrons. The van der Waals surface area contributed by atoms with Gasteiger partial charge in [0.1, 0.15) is 0 Å². The lowest BCUT2D eigenvalue weighted by atomic mass is 9.97. The molecule has 2 aromatic rings. The Morgan fingerprint density at radius 2 is 2.00 bits per heavy atom. The molecule has 1 atom stereocenters. The van der Waals surface area contributed by atoms with E-state index in [2.05, 4.69) is 59.7 Å². The van der Waals surface area contributed by atoms with Crippen molar-refractivity contribution in [2.24, 2.45) is 0 Å². The molecular weight excluding hydrogens is 222 g/mol. The highest BCUT2D eigenvalue weighted by Crippen LogP contribution is 2.23. The van der Waals surface area contributed by atoms with Crippen LogP contribution >= 0.6 is 0 Å². The minimum absolute atomic E-state index is 0.623. The van der Waals surface area contributed by atoms with Gasteiger partial charge in [0.2, 0.25) is 0 Å². The third kappa shape index (κ3) is 2.79. The van der Waals surface area contributed by atoms with E-state index in [0.717, 1.165) is 17.9 Å². The smallest absolute Gasteiger partial charge is 0.0924 e. The molecule has 1 aromatic heterocycles. The van der Waals surface area contributed by atoms with Crippen molar-refractivity contribution in [3.8, 4) is 11.3 Å². The largest absolute Gasteiger partial charge is 0.314 e. The summed E-state index contributed by atoms with van der Waals surface area (Å²) in [6, 6.07) is 10.8. The van der Waals surface area contributed by atoms with Crippen LogP contribution in [0.4, 0.5) is 0 Å². The van der Waals surface area contributed by atoms with Gasteiger partial charge in [-0.2, -0.15) is 5.10 Å². The van der Waals surface area contributed by atoms with Crippen molar-refractivity contribution in [1.29, 1.82) is 0 Å². The Morgan fingerprint density at radius 3 is 2.61 bits per heavy atom. The molecule has 1 unspecified atom stereocenters. The third-order valence-electron chi connectivity index (χ3n) is 3.39. The van der Waals surface area contributed by atoms with E-state index in [1.54, 1.807) is 0 Å². The van der Waals surface area contributed by atoms with Gasteiger partial charge in [-0.25, -0.2) is 0 Å². The van der Waals surface area contributed by atoms with Crippen LogP contribution in [0.1, 0.15) is 37.4 Å². The van der Waals surface area contributed by atoms with Gasteiger partial charge in [0.25, 0.3) is 0 Å². The number of benzene rings is 1. The zero-order valence-corrected chi connectivity index (χ0v) is 11.3. The lowest BCUT2D eigenvalue weighted by Crippen LogP contribution is -2.04. The van der Waals surface area contributed by atoms with Crippen LogP contribution in [0.3, 0.4) is 0 Å². The van der Waals surface area contributed by atoms with Gasteiger partial charge in [-0.3, -0.25) is 5.10 Å². The summed E-state index contributed by atoms with van der Waals surface area (Å²) in [7, 11) is 1.93. The van der Waals surface area contributed by atoms with Crippen molar-refractivity contribution >= 4 is 0 Å². The summed E-state index contributed by atoms with van der Waals surface area (Å²) in [5, 5.41) is 10.5. The van der Waals surface area contributed by atoms with Crippen LogP contribution in [-0.2, 0) is 6.54 Å². The summed E-state index contributed by atoms with van der Waals surface area (Å²) in [6.07, 6.45) is 1.17. The lowest BCUT2D eigenvalue weighted by Gasteiger charge is -2.08. The number of hydrogen-bond donors (Lipinski definition) is 2. The van der Waals surface area contributed by atoms with Gasteiger partial charge in [-0.05, 0) is 31.0 Å². The number of hydrogen-bond acceptors (Lipinski definition) is 2. The highest BCUT2D eigenvalue weighted by atomic mass is 15.1. The highest BCUT2D eigenvalue weighted by Gasteiger charge is 2.06. The molecule has 0 bridgehead atoms. The van der Waals surface area contributed by atoms with Gasteiger partial charge in [0.05, 0.1) is 5.69 Å². The minimum Gasteiger partial charge on any atom is -0.314 e. The molecule has 2 rings (SSSR count). The Kier molecular flexibility index (Phi) is 4.15. The van der Waals surface area contributed by atoms with Gasteiger partial charge >= 0.3 is 0 Å². The predicted molar refractivity (Wildman–Crippen MR) is 75.5 cm³/mol. The normalized spacial score (nSPS) is 12.6. The van der Waals surface area contributed by atoms with Crippen LogP contribution in [0.25, 0.3) is 11.3 Å². The molecule has 0 aliphatic heterocycles. The summed E-state index contributed by atoms with van der Waals surface area (Å²) in [6.45, 7) is 5.29. The second-order valence-electron chi connectivity index (χ2n) is 4.74. The molecule has 0 saturated carbocycles. The maximum absolute atomic E-state index is 4.33. The fourth-order valence-electron chi connectivity index (χ4n) is 2.01. The first-order valence-corrected chi connectivity index (χ1v) is 6.53. The van der Waals surface area contributed by atoms with E-state index in [1.165, 1.54) is 17.5 Å². The van der Waals surface area contributed by atoms with Crippen LogP contribution in [0.5, 0.6) is 0 Å². The molecule has 0 aliphatic carbocycles. The van der Waals surface area contributed by atoms with E-state index in [9.17, 15) is 0 Å². The molecular formula is C15H21N3. The van der Waals surface area contributed by atoms with Gasteiger partial charge in [-0.15, -0.1) is 0 Å². The molecule has 0 spiro atoms. The van der Waals surface area contributed by atoms with Gasteiger partial charge in [-0.1, -0.05) is 38.1 Å². The molecule has 3 heteroatoms. The number of nitrogens with one attached hydrogen (secondary N) is 2. The number of rotatable bonds is 5. The van der Waals surface area contributed by atoms with Crippen molar-refractivity contribution in [3.05, 3.63) is 41.6 Å². The van der Waals surface area contributed by atoms with Crippen molar-refractivity contribution < 1.29 is 0 Å². The Labute approximate surface area is 109 Å².